The lowest BCUT2D eigenvalue weighted by Gasteiger charge is -2.06. The van der Waals surface area contributed by atoms with Gasteiger partial charge in [-0.25, -0.2) is 0 Å². The zero-order chi connectivity index (χ0) is 12.8. The zero-order valence-electron chi connectivity index (χ0n) is 10.2. The van der Waals surface area contributed by atoms with Crippen LogP contribution in [0.3, 0.4) is 0 Å². The quantitative estimate of drug-likeness (QED) is 0.507. The molecule has 0 aromatic heterocycles. The van der Waals surface area contributed by atoms with Gasteiger partial charge in [0, 0.05) is 6.42 Å². The predicted octanol–water partition coefficient (Wildman–Crippen LogP) is 3.12. The minimum atomic E-state index is 0.601. The second-order valence-corrected chi connectivity index (χ2v) is 3.94. The predicted molar refractivity (Wildman–Crippen MR) is 71.5 cm³/mol. The van der Waals surface area contributed by atoms with Crippen molar-refractivity contribution in [3.05, 3.63) is 65.7 Å². The number of benzene rings is 2. The Morgan fingerprint density at radius 2 is 1.72 bits per heavy atom. The van der Waals surface area contributed by atoms with E-state index in [1.165, 1.54) is 0 Å². The summed E-state index contributed by atoms with van der Waals surface area (Å²) >= 11 is 0. The molecule has 92 valence electrons. The third-order valence-electron chi connectivity index (χ3n) is 2.76. The number of nitrogens with zero attached hydrogens (tertiary/aromatic N) is 1. The Bertz CT molecular complexity index is 518. The molecule has 0 heterocycles. The SMILES string of the molecule is COc1ccc(/C(Cc2ccccc2)=N/O)cc1. The van der Waals surface area contributed by atoms with Gasteiger partial charge in [-0.05, 0) is 35.4 Å². The van der Waals surface area contributed by atoms with E-state index >= 15 is 0 Å². The third kappa shape index (κ3) is 2.88. The summed E-state index contributed by atoms with van der Waals surface area (Å²) in [5.74, 6) is 0.788. The third-order valence-corrected chi connectivity index (χ3v) is 2.76. The van der Waals surface area contributed by atoms with E-state index in [0.717, 1.165) is 16.9 Å². The molecule has 2 rings (SSSR count). The molecule has 1 N–H and O–H groups in total. The average molecular weight is 241 g/mol. The summed E-state index contributed by atoms with van der Waals surface area (Å²) in [5.41, 5.74) is 2.65. The van der Waals surface area contributed by atoms with Crippen LogP contribution in [0, 0.1) is 0 Å². The minimum Gasteiger partial charge on any atom is -0.497 e. The van der Waals surface area contributed by atoms with Crippen molar-refractivity contribution in [3.63, 3.8) is 0 Å². The Morgan fingerprint density at radius 3 is 2.28 bits per heavy atom. The molecule has 3 heteroatoms. The van der Waals surface area contributed by atoms with E-state index in [0.29, 0.717) is 12.1 Å². The molecule has 0 amide bonds. The molecule has 18 heavy (non-hydrogen) atoms. The monoisotopic (exact) mass is 241 g/mol. The van der Waals surface area contributed by atoms with Gasteiger partial charge in [0.05, 0.1) is 12.8 Å². The van der Waals surface area contributed by atoms with Crippen molar-refractivity contribution in [2.75, 3.05) is 7.11 Å². The molecule has 0 saturated carbocycles. The summed E-state index contributed by atoms with van der Waals surface area (Å²) in [6.45, 7) is 0. The Balaban J connectivity index is 2.18. The summed E-state index contributed by atoms with van der Waals surface area (Å²) in [6.07, 6.45) is 0.601. The molecular weight excluding hydrogens is 226 g/mol. The van der Waals surface area contributed by atoms with Gasteiger partial charge < -0.3 is 9.94 Å². The van der Waals surface area contributed by atoms with Crippen LogP contribution in [0.15, 0.2) is 59.8 Å². The van der Waals surface area contributed by atoms with Crippen LogP contribution in [0.4, 0.5) is 0 Å². The largest absolute Gasteiger partial charge is 0.497 e. The van der Waals surface area contributed by atoms with E-state index in [2.05, 4.69) is 5.16 Å². The van der Waals surface area contributed by atoms with Crippen LogP contribution < -0.4 is 4.74 Å². The van der Waals surface area contributed by atoms with Crippen LogP contribution in [0.1, 0.15) is 11.1 Å². The van der Waals surface area contributed by atoms with Gasteiger partial charge in [-0.1, -0.05) is 35.5 Å². The molecule has 3 nitrogen and oxygen atoms in total. The lowest BCUT2D eigenvalue weighted by Crippen LogP contribution is -2.05. The molecule has 0 atom stereocenters. The van der Waals surface area contributed by atoms with E-state index in [9.17, 15) is 0 Å². The van der Waals surface area contributed by atoms with Crippen molar-refractivity contribution in [2.45, 2.75) is 6.42 Å². The van der Waals surface area contributed by atoms with Crippen LogP contribution in [-0.4, -0.2) is 18.0 Å². The van der Waals surface area contributed by atoms with Gasteiger partial charge in [0.25, 0.3) is 0 Å². The highest BCUT2D eigenvalue weighted by Crippen LogP contribution is 2.14. The summed E-state index contributed by atoms with van der Waals surface area (Å²) in [5, 5.41) is 12.5. The molecule has 0 spiro atoms. The molecule has 0 bridgehead atoms. The van der Waals surface area contributed by atoms with E-state index in [4.69, 9.17) is 9.94 Å². The van der Waals surface area contributed by atoms with E-state index in [1.807, 2.05) is 54.6 Å². The van der Waals surface area contributed by atoms with Crippen molar-refractivity contribution in [2.24, 2.45) is 5.16 Å². The number of rotatable bonds is 4. The van der Waals surface area contributed by atoms with Crippen molar-refractivity contribution < 1.29 is 9.94 Å². The average Bonchev–Trinajstić information content (AvgIpc) is 2.46. The first-order valence-electron chi connectivity index (χ1n) is 5.73. The molecule has 2 aromatic rings. The fourth-order valence-corrected chi connectivity index (χ4v) is 1.77. The van der Waals surface area contributed by atoms with Gasteiger partial charge in [0.2, 0.25) is 0 Å². The Kier molecular flexibility index (Phi) is 3.97. The van der Waals surface area contributed by atoms with Crippen molar-refractivity contribution >= 4 is 5.71 Å². The molecule has 0 fully saturated rings. The van der Waals surface area contributed by atoms with Crippen molar-refractivity contribution in [1.29, 1.82) is 0 Å². The number of hydrogen-bond donors (Lipinski definition) is 1. The summed E-state index contributed by atoms with van der Waals surface area (Å²) in [6, 6.07) is 17.4. The normalized spacial score (nSPS) is 11.3. The molecule has 0 radical (unpaired) electrons. The Labute approximate surface area is 106 Å². The zero-order valence-corrected chi connectivity index (χ0v) is 10.2. The lowest BCUT2D eigenvalue weighted by molar-refractivity contribution is 0.318. The molecule has 0 unspecified atom stereocenters. The lowest BCUT2D eigenvalue weighted by atomic mass is 10.0. The molecule has 0 aliphatic carbocycles. The van der Waals surface area contributed by atoms with Crippen molar-refractivity contribution in [3.8, 4) is 5.75 Å². The topological polar surface area (TPSA) is 41.8 Å². The van der Waals surface area contributed by atoms with Gasteiger partial charge in [-0.15, -0.1) is 0 Å². The molecule has 2 aromatic carbocycles. The van der Waals surface area contributed by atoms with Crippen LogP contribution in [0.2, 0.25) is 0 Å². The highest BCUT2D eigenvalue weighted by Gasteiger charge is 2.05. The first-order valence-corrected chi connectivity index (χ1v) is 5.73. The van der Waals surface area contributed by atoms with E-state index in [-0.39, 0.29) is 0 Å². The van der Waals surface area contributed by atoms with Gasteiger partial charge >= 0.3 is 0 Å². The standard InChI is InChI=1S/C15H15NO2/c1-18-14-9-7-13(8-10-14)15(16-17)11-12-5-3-2-4-6-12/h2-10,17H,11H2,1H3/b16-15+. The molecule has 0 saturated heterocycles. The molecule has 0 aliphatic rings. The van der Waals surface area contributed by atoms with Crippen LogP contribution in [0.5, 0.6) is 5.75 Å². The second-order valence-electron chi connectivity index (χ2n) is 3.94. The molecular formula is C15H15NO2. The number of ether oxygens (including phenoxy) is 1. The molecule has 0 aliphatic heterocycles. The van der Waals surface area contributed by atoms with Gasteiger partial charge in [-0.3, -0.25) is 0 Å². The summed E-state index contributed by atoms with van der Waals surface area (Å²) < 4.78 is 5.10. The van der Waals surface area contributed by atoms with Gasteiger partial charge in [0.1, 0.15) is 5.75 Å². The first-order chi connectivity index (χ1) is 8.83. The number of methoxy groups -OCH3 is 1. The highest BCUT2D eigenvalue weighted by molar-refractivity contribution is 6.01. The maximum absolute atomic E-state index is 9.12. The maximum Gasteiger partial charge on any atom is 0.118 e. The smallest absolute Gasteiger partial charge is 0.118 e. The first kappa shape index (κ1) is 12.2. The van der Waals surface area contributed by atoms with Crippen LogP contribution >= 0.6 is 0 Å². The van der Waals surface area contributed by atoms with Gasteiger partial charge in [-0.2, -0.15) is 0 Å². The fourth-order valence-electron chi connectivity index (χ4n) is 1.77. The number of hydrogen-bond acceptors (Lipinski definition) is 3. The van der Waals surface area contributed by atoms with Crippen LogP contribution in [-0.2, 0) is 6.42 Å². The van der Waals surface area contributed by atoms with Crippen molar-refractivity contribution in [1.82, 2.24) is 0 Å². The summed E-state index contributed by atoms with van der Waals surface area (Å²) in [7, 11) is 1.63. The minimum absolute atomic E-state index is 0.601. The second kappa shape index (κ2) is 5.87. The maximum atomic E-state index is 9.12. The Morgan fingerprint density at radius 1 is 1.06 bits per heavy atom. The van der Waals surface area contributed by atoms with E-state index < -0.39 is 0 Å². The Hall–Kier alpha value is -2.29. The summed E-state index contributed by atoms with van der Waals surface area (Å²) in [4.78, 5) is 0. The van der Waals surface area contributed by atoms with Gasteiger partial charge in [0.15, 0.2) is 0 Å². The highest BCUT2D eigenvalue weighted by atomic mass is 16.5. The van der Waals surface area contributed by atoms with Crippen LogP contribution in [0.25, 0.3) is 0 Å². The fraction of sp³-hybridized carbons (Fsp3) is 0.133. The van der Waals surface area contributed by atoms with E-state index in [1.54, 1.807) is 7.11 Å². The number of oxime groups is 1.